The van der Waals surface area contributed by atoms with E-state index in [1.165, 1.54) is 22.6 Å². The smallest absolute Gasteiger partial charge is 0.324 e. The summed E-state index contributed by atoms with van der Waals surface area (Å²) in [6, 6.07) is 4.67. The van der Waals surface area contributed by atoms with Crippen molar-refractivity contribution in [2.45, 2.75) is 51.2 Å². The number of nitrogens with one attached hydrogen (secondary N) is 1. The third kappa shape index (κ3) is 3.33. The van der Waals surface area contributed by atoms with E-state index in [2.05, 4.69) is 27.7 Å². The highest BCUT2D eigenvalue weighted by molar-refractivity contribution is 7.09. The Morgan fingerprint density at radius 2 is 2.18 bits per heavy atom. The summed E-state index contributed by atoms with van der Waals surface area (Å²) in [6.07, 6.45) is 3.36. The number of hydrogen-bond donors (Lipinski definition) is 1. The van der Waals surface area contributed by atoms with Crippen molar-refractivity contribution in [2.75, 3.05) is 13.1 Å². The molecule has 1 saturated carbocycles. The molecule has 1 aromatic heterocycles. The van der Waals surface area contributed by atoms with Crippen LogP contribution in [-0.2, 0) is 11.3 Å². The number of rotatable bonds is 7. The van der Waals surface area contributed by atoms with Crippen LogP contribution in [0.25, 0.3) is 0 Å². The minimum absolute atomic E-state index is 0.117. The first-order valence-corrected chi connectivity index (χ1v) is 8.76. The van der Waals surface area contributed by atoms with Gasteiger partial charge in [-0.2, -0.15) is 0 Å². The minimum atomic E-state index is -0.760. The summed E-state index contributed by atoms with van der Waals surface area (Å²) in [5, 5.41) is 4.83. The largest absolute Gasteiger partial charge is 0.325 e. The molecule has 2 fully saturated rings. The molecule has 5 nitrogen and oxygen atoms in total. The lowest BCUT2D eigenvalue weighted by Crippen LogP contribution is -2.40. The van der Waals surface area contributed by atoms with Crippen molar-refractivity contribution in [1.82, 2.24) is 15.1 Å². The van der Waals surface area contributed by atoms with E-state index >= 15 is 0 Å². The summed E-state index contributed by atoms with van der Waals surface area (Å²) < 4.78 is 0. The van der Waals surface area contributed by atoms with Gasteiger partial charge >= 0.3 is 6.03 Å². The van der Waals surface area contributed by atoms with Crippen LogP contribution in [0.1, 0.15) is 38.0 Å². The molecule has 1 aliphatic heterocycles. The number of thiophene rings is 1. The fourth-order valence-corrected chi connectivity index (χ4v) is 3.62. The number of hydrogen-bond acceptors (Lipinski definition) is 4. The summed E-state index contributed by atoms with van der Waals surface area (Å²) in [7, 11) is 0. The summed E-state index contributed by atoms with van der Waals surface area (Å²) in [5.41, 5.74) is -0.760. The van der Waals surface area contributed by atoms with Gasteiger partial charge in [-0.05, 0) is 44.6 Å². The van der Waals surface area contributed by atoms with Crippen LogP contribution in [0.15, 0.2) is 17.5 Å². The fourth-order valence-electron chi connectivity index (χ4n) is 2.89. The molecule has 120 valence electrons. The van der Waals surface area contributed by atoms with E-state index < -0.39 is 5.54 Å². The Bertz CT molecular complexity index is 552. The van der Waals surface area contributed by atoms with Crippen molar-refractivity contribution in [3.63, 3.8) is 0 Å². The molecule has 1 saturated heterocycles. The number of carbonyl (C=O) groups excluding carboxylic acids is 2. The second-order valence-electron chi connectivity index (χ2n) is 6.65. The molecular weight excluding hydrogens is 298 g/mol. The van der Waals surface area contributed by atoms with Crippen LogP contribution >= 0.6 is 11.3 Å². The monoisotopic (exact) mass is 321 g/mol. The lowest BCUT2D eigenvalue weighted by Gasteiger charge is -2.22. The summed E-state index contributed by atoms with van der Waals surface area (Å²) >= 11 is 1.79. The molecule has 0 aromatic carbocycles. The lowest BCUT2D eigenvalue weighted by atomic mass is 10.1. The van der Waals surface area contributed by atoms with Crippen molar-refractivity contribution < 1.29 is 9.59 Å². The molecule has 22 heavy (non-hydrogen) atoms. The zero-order valence-electron chi connectivity index (χ0n) is 13.2. The third-order valence-corrected chi connectivity index (χ3v) is 5.13. The number of urea groups is 1. The zero-order valence-corrected chi connectivity index (χ0v) is 14.0. The molecular formula is C16H23N3O2S. The molecule has 6 heteroatoms. The van der Waals surface area contributed by atoms with Gasteiger partial charge in [-0.25, -0.2) is 4.79 Å². The molecule has 0 atom stereocenters. The molecule has 0 unspecified atom stereocenters. The first-order valence-electron chi connectivity index (χ1n) is 7.88. The molecule has 1 aromatic rings. The predicted molar refractivity (Wildman–Crippen MR) is 86.7 cm³/mol. The van der Waals surface area contributed by atoms with Crippen LogP contribution in [0.3, 0.4) is 0 Å². The fraction of sp³-hybridized carbons (Fsp3) is 0.625. The van der Waals surface area contributed by atoms with Gasteiger partial charge in [0.2, 0.25) is 0 Å². The Hall–Kier alpha value is -1.40. The van der Waals surface area contributed by atoms with Crippen LogP contribution in [-0.4, -0.2) is 46.4 Å². The van der Waals surface area contributed by atoms with Crippen LogP contribution in [0.5, 0.6) is 0 Å². The minimum Gasteiger partial charge on any atom is -0.324 e. The van der Waals surface area contributed by atoms with Gasteiger partial charge in [0.1, 0.15) is 5.54 Å². The number of imide groups is 1. The van der Waals surface area contributed by atoms with Gasteiger partial charge in [-0.1, -0.05) is 6.07 Å². The highest BCUT2D eigenvalue weighted by Gasteiger charge is 2.43. The maximum absolute atomic E-state index is 12.1. The van der Waals surface area contributed by atoms with Crippen molar-refractivity contribution in [1.29, 1.82) is 0 Å². The van der Waals surface area contributed by atoms with Gasteiger partial charge in [0.25, 0.3) is 5.91 Å². The van der Waals surface area contributed by atoms with E-state index in [1.54, 1.807) is 25.2 Å². The normalized spacial score (nSPS) is 20.8. The van der Waals surface area contributed by atoms with E-state index in [4.69, 9.17) is 0 Å². The van der Waals surface area contributed by atoms with Gasteiger partial charge in [-0.3, -0.25) is 14.6 Å². The van der Waals surface area contributed by atoms with Crippen LogP contribution < -0.4 is 5.32 Å². The first kappa shape index (κ1) is 15.5. The Kier molecular flexibility index (Phi) is 4.23. The van der Waals surface area contributed by atoms with Gasteiger partial charge < -0.3 is 5.32 Å². The van der Waals surface area contributed by atoms with E-state index in [1.807, 2.05) is 0 Å². The molecule has 3 rings (SSSR count). The maximum atomic E-state index is 12.1. The van der Waals surface area contributed by atoms with Crippen LogP contribution in [0.2, 0.25) is 0 Å². The Balaban J connectivity index is 1.51. The lowest BCUT2D eigenvalue weighted by molar-refractivity contribution is -0.130. The van der Waals surface area contributed by atoms with Gasteiger partial charge in [0.05, 0.1) is 0 Å². The SMILES string of the molecule is CC1(C)NC(=O)N(CCCN(Cc2cccs2)C2CC2)C1=O. The topological polar surface area (TPSA) is 52.7 Å². The molecule has 0 radical (unpaired) electrons. The molecule has 2 aliphatic rings. The van der Waals surface area contributed by atoms with Gasteiger partial charge in [0.15, 0.2) is 0 Å². The number of nitrogens with zero attached hydrogens (tertiary/aromatic N) is 2. The number of amides is 3. The molecule has 1 aliphatic carbocycles. The Morgan fingerprint density at radius 3 is 2.73 bits per heavy atom. The summed E-state index contributed by atoms with van der Waals surface area (Å²) in [4.78, 5) is 29.2. The van der Waals surface area contributed by atoms with Crippen LogP contribution in [0.4, 0.5) is 4.79 Å². The second kappa shape index (κ2) is 6.01. The van der Waals surface area contributed by atoms with Crippen molar-refractivity contribution in [2.24, 2.45) is 0 Å². The molecule has 2 heterocycles. The molecule has 1 N–H and O–H groups in total. The average molecular weight is 321 g/mol. The van der Waals surface area contributed by atoms with E-state index in [9.17, 15) is 9.59 Å². The molecule has 0 spiro atoms. The predicted octanol–water partition coefficient (Wildman–Crippen LogP) is 2.43. The zero-order chi connectivity index (χ0) is 15.7. The van der Waals surface area contributed by atoms with E-state index in [0.717, 1.165) is 19.5 Å². The standard InChI is InChI=1S/C16H23N3O2S/c1-16(2)14(20)19(15(21)17-16)9-4-8-18(12-6-7-12)11-13-5-3-10-22-13/h3,5,10,12H,4,6-9,11H2,1-2H3,(H,17,21). The first-order chi connectivity index (χ1) is 10.5. The van der Waals surface area contributed by atoms with Crippen molar-refractivity contribution in [3.8, 4) is 0 Å². The van der Waals surface area contributed by atoms with E-state index in [-0.39, 0.29) is 11.9 Å². The number of carbonyl (C=O) groups is 2. The van der Waals surface area contributed by atoms with Gasteiger partial charge in [0, 0.05) is 30.6 Å². The average Bonchev–Trinajstić information content (AvgIpc) is 3.14. The third-order valence-electron chi connectivity index (χ3n) is 4.27. The van der Waals surface area contributed by atoms with Gasteiger partial charge in [-0.15, -0.1) is 11.3 Å². The highest BCUT2D eigenvalue weighted by atomic mass is 32.1. The summed E-state index contributed by atoms with van der Waals surface area (Å²) in [6.45, 7) is 5.91. The van der Waals surface area contributed by atoms with Crippen molar-refractivity contribution in [3.05, 3.63) is 22.4 Å². The summed E-state index contributed by atoms with van der Waals surface area (Å²) in [5.74, 6) is -0.117. The second-order valence-corrected chi connectivity index (χ2v) is 7.68. The van der Waals surface area contributed by atoms with Crippen molar-refractivity contribution >= 4 is 23.3 Å². The molecule has 0 bridgehead atoms. The Morgan fingerprint density at radius 1 is 1.41 bits per heavy atom. The quantitative estimate of drug-likeness (QED) is 0.785. The van der Waals surface area contributed by atoms with Crippen LogP contribution in [0, 0.1) is 0 Å². The molecule has 3 amide bonds. The Labute approximate surface area is 135 Å². The van der Waals surface area contributed by atoms with E-state index in [0.29, 0.717) is 12.6 Å². The maximum Gasteiger partial charge on any atom is 0.325 e. The highest BCUT2D eigenvalue weighted by Crippen LogP contribution is 2.29.